The normalized spacial score (nSPS) is 15.6. The van der Waals surface area contributed by atoms with Gasteiger partial charge in [0.05, 0.1) is 5.41 Å². The third kappa shape index (κ3) is 5.23. The molecule has 1 N–H and O–H groups in total. The number of esters is 1. The number of piperidine rings is 1. The Labute approximate surface area is 174 Å². The van der Waals surface area contributed by atoms with Gasteiger partial charge in [0.2, 0.25) is 5.91 Å². The van der Waals surface area contributed by atoms with Gasteiger partial charge in [-0.05, 0) is 36.3 Å². The van der Waals surface area contributed by atoms with Crippen LogP contribution in [0.4, 0.5) is 0 Å². The van der Waals surface area contributed by atoms with Gasteiger partial charge >= 0.3 is 5.97 Å². The average molecular weight is 415 g/mol. The van der Waals surface area contributed by atoms with Crippen LogP contribution in [-0.2, 0) is 31.0 Å². The zero-order valence-corrected chi connectivity index (χ0v) is 17.4. The summed E-state index contributed by atoms with van der Waals surface area (Å²) in [4.78, 5) is 39.8. The Morgan fingerprint density at radius 2 is 1.83 bits per heavy atom. The smallest absolute Gasteiger partial charge is 0.317 e. The van der Waals surface area contributed by atoms with Crippen LogP contribution in [0.1, 0.15) is 30.2 Å². The first kappa shape index (κ1) is 21.0. The van der Waals surface area contributed by atoms with Crippen molar-refractivity contribution in [3.63, 3.8) is 0 Å². The predicted molar refractivity (Wildman–Crippen MR) is 112 cm³/mol. The highest BCUT2D eigenvalue weighted by Crippen LogP contribution is 2.37. The molecule has 0 saturated carbocycles. The standard InChI is InChI=1S/C22H26N2O4S/c1-17(25)24-13-10-22(11-14-24,18-6-3-2-4-7-18)21(27)28-16-20(26)23-12-9-19-8-5-15-29-19/h2-8,15H,9-14,16H2,1H3,(H,23,26). The lowest BCUT2D eigenvalue weighted by Crippen LogP contribution is -2.49. The molecule has 0 atom stereocenters. The number of carbonyl (C=O) groups excluding carboxylic acids is 3. The van der Waals surface area contributed by atoms with Gasteiger partial charge in [-0.3, -0.25) is 14.4 Å². The second-order valence-electron chi connectivity index (χ2n) is 7.21. The summed E-state index contributed by atoms with van der Waals surface area (Å²) in [5.41, 5.74) is 0.0380. The van der Waals surface area contributed by atoms with Crippen molar-refractivity contribution in [2.45, 2.75) is 31.6 Å². The number of amides is 2. The Kier molecular flexibility index (Phi) is 7.04. The highest BCUT2D eigenvalue weighted by atomic mass is 32.1. The van der Waals surface area contributed by atoms with E-state index in [1.54, 1.807) is 16.2 Å². The maximum Gasteiger partial charge on any atom is 0.317 e. The van der Waals surface area contributed by atoms with E-state index in [2.05, 4.69) is 5.32 Å². The van der Waals surface area contributed by atoms with E-state index in [1.165, 1.54) is 11.8 Å². The Bertz CT molecular complexity index is 828. The third-order valence-corrected chi connectivity index (χ3v) is 6.32. The minimum Gasteiger partial charge on any atom is -0.455 e. The number of carbonyl (C=O) groups is 3. The van der Waals surface area contributed by atoms with Gasteiger partial charge < -0.3 is 15.0 Å². The lowest BCUT2D eigenvalue weighted by Gasteiger charge is -2.40. The van der Waals surface area contributed by atoms with E-state index in [4.69, 9.17) is 4.74 Å². The van der Waals surface area contributed by atoms with Gasteiger partial charge in [0.1, 0.15) is 0 Å². The van der Waals surface area contributed by atoms with E-state index < -0.39 is 11.4 Å². The quantitative estimate of drug-likeness (QED) is 0.707. The van der Waals surface area contributed by atoms with E-state index in [-0.39, 0.29) is 18.4 Å². The molecule has 0 radical (unpaired) electrons. The first-order chi connectivity index (χ1) is 14.0. The zero-order chi connectivity index (χ0) is 20.7. The van der Waals surface area contributed by atoms with E-state index in [1.807, 2.05) is 47.8 Å². The number of thiophene rings is 1. The second kappa shape index (κ2) is 9.69. The molecule has 0 unspecified atom stereocenters. The summed E-state index contributed by atoms with van der Waals surface area (Å²) < 4.78 is 5.43. The highest BCUT2D eigenvalue weighted by Gasteiger charge is 2.44. The van der Waals surface area contributed by atoms with Gasteiger partial charge in [-0.1, -0.05) is 36.4 Å². The fourth-order valence-corrected chi connectivity index (χ4v) is 4.38. The Morgan fingerprint density at radius 1 is 1.10 bits per heavy atom. The van der Waals surface area contributed by atoms with Crippen LogP contribution >= 0.6 is 11.3 Å². The van der Waals surface area contributed by atoms with Gasteiger partial charge in [0, 0.05) is 31.4 Å². The van der Waals surface area contributed by atoms with Crippen molar-refractivity contribution in [1.29, 1.82) is 0 Å². The summed E-state index contributed by atoms with van der Waals surface area (Å²) >= 11 is 1.65. The Morgan fingerprint density at radius 3 is 2.45 bits per heavy atom. The number of nitrogens with zero attached hydrogens (tertiary/aromatic N) is 1. The fourth-order valence-electron chi connectivity index (χ4n) is 3.67. The third-order valence-electron chi connectivity index (χ3n) is 5.39. The molecular weight excluding hydrogens is 388 g/mol. The maximum atomic E-state index is 13.1. The SMILES string of the molecule is CC(=O)N1CCC(C(=O)OCC(=O)NCCc2cccs2)(c2ccccc2)CC1. The van der Waals surface area contributed by atoms with Crippen molar-refractivity contribution in [3.8, 4) is 0 Å². The summed E-state index contributed by atoms with van der Waals surface area (Å²) in [6.45, 7) is 2.73. The van der Waals surface area contributed by atoms with Gasteiger partial charge in [0.15, 0.2) is 6.61 Å². The van der Waals surface area contributed by atoms with E-state index in [0.29, 0.717) is 32.5 Å². The van der Waals surface area contributed by atoms with E-state index in [0.717, 1.165) is 12.0 Å². The summed E-state index contributed by atoms with van der Waals surface area (Å²) in [6.07, 6.45) is 1.72. The minimum absolute atomic E-state index is 0.00477. The first-order valence-electron chi connectivity index (χ1n) is 9.78. The van der Waals surface area contributed by atoms with E-state index in [9.17, 15) is 14.4 Å². The van der Waals surface area contributed by atoms with Crippen LogP contribution in [0.25, 0.3) is 0 Å². The van der Waals surface area contributed by atoms with Crippen molar-refractivity contribution in [3.05, 3.63) is 58.3 Å². The minimum atomic E-state index is -0.829. The van der Waals surface area contributed by atoms with Crippen LogP contribution in [0.2, 0.25) is 0 Å². The van der Waals surface area contributed by atoms with Gasteiger partial charge in [0.25, 0.3) is 5.91 Å². The van der Waals surface area contributed by atoms with Crippen LogP contribution < -0.4 is 5.32 Å². The van der Waals surface area contributed by atoms with Gasteiger partial charge in [-0.15, -0.1) is 11.3 Å². The highest BCUT2D eigenvalue weighted by molar-refractivity contribution is 7.09. The molecule has 6 nitrogen and oxygen atoms in total. The molecular formula is C22H26N2O4S. The van der Waals surface area contributed by atoms with Crippen LogP contribution in [0, 0.1) is 0 Å². The molecule has 0 bridgehead atoms. The maximum absolute atomic E-state index is 13.1. The molecule has 1 aromatic carbocycles. The summed E-state index contributed by atoms with van der Waals surface area (Å²) in [5.74, 6) is -0.704. The van der Waals surface area contributed by atoms with Crippen molar-refractivity contribution in [2.24, 2.45) is 0 Å². The molecule has 1 fully saturated rings. The largest absolute Gasteiger partial charge is 0.455 e. The molecule has 2 amide bonds. The number of likely N-dealkylation sites (tertiary alicyclic amines) is 1. The zero-order valence-electron chi connectivity index (χ0n) is 16.6. The van der Waals surface area contributed by atoms with Gasteiger partial charge in [-0.25, -0.2) is 0 Å². The number of benzene rings is 1. The molecule has 154 valence electrons. The fraction of sp³-hybridized carbons (Fsp3) is 0.409. The Hall–Kier alpha value is -2.67. The van der Waals surface area contributed by atoms with Gasteiger partial charge in [-0.2, -0.15) is 0 Å². The molecule has 1 aliphatic rings. The lowest BCUT2D eigenvalue weighted by molar-refractivity contribution is -0.157. The molecule has 2 aromatic rings. The lowest BCUT2D eigenvalue weighted by atomic mass is 9.72. The van der Waals surface area contributed by atoms with Crippen LogP contribution in [0.3, 0.4) is 0 Å². The molecule has 1 aromatic heterocycles. The van der Waals surface area contributed by atoms with Crippen molar-refractivity contribution in [2.75, 3.05) is 26.2 Å². The van der Waals surface area contributed by atoms with Crippen LogP contribution in [0.5, 0.6) is 0 Å². The summed E-state index contributed by atoms with van der Waals surface area (Å²) in [5, 5.41) is 4.79. The van der Waals surface area contributed by atoms with E-state index >= 15 is 0 Å². The molecule has 0 aliphatic carbocycles. The van der Waals surface area contributed by atoms with Crippen LogP contribution in [-0.4, -0.2) is 48.9 Å². The molecule has 3 rings (SSSR count). The molecule has 29 heavy (non-hydrogen) atoms. The Balaban J connectivity index is 1.58. The molecule has 1 aliphatic heterocycles. The topological polar surface area (TPSA) is 75.7 Å². The second-order valence-corrected chi connectivity index (χ2v) is 8.24. The predicted octanol–water partition coefficient (Wildman–Crippen LogP) is 2.53. The van der Waals surface area contributed by atoms with Crippen molar-refractivity contribution >= 4 is 29.1 Å². The first-order valence-corrected chi connectivity index (χ1v) is 10.7. The van der Waals surface area contributed by atoms with Crippen molar-refractivity contribution in [1.82, 2.24) is 10.2 Å². The number of ether oxygens (including phenoxy) is 1. The van der Waals surface area contributed by atoms with Crippen LogP contribution in [0.15, 0.2) is 47.8 Å². The van der Waals surface area contributed by atoms with Crippen molar-refractivity contribution < 1.29 is 19.1 Å². The molecule has 7 heteroatoms. The number of nitrogens with one attached hydrogen (secondary N) is 1. The molecule has 1 saturated heterocycles. The average Bonchev–Trinajstić information content (AvgIpc) is 3.26. The number of hydrogen-bond acceptors (Lipinski definition) is 5. The molecule has 0 spiro atoms. The monoisotopic (exact) mass is 414 g/mol. The number of rotatable bonds is 7. The molecule has 2 heterocycles. The summed E-state index contributed by atoms with van der Waals surface area (Å²) in [6, 6.07) is 13.5. The summed E-state index contributed by atoms with van der Waals surface area (Å²) in [7, 11) is 0. The number of hydrogen-bond donors (Lipinski definition) is 1.